The van der Waals surface area contributed by atoms with Gasteiger partial charge in [-0.2, -0.15) is 0 Å². The van der Waals surface area contributed by atoms with Gasteiger partial charge in [0, 0.05) is 11.0 Å². The van der Waals surface area contributed by atoms with Crippen molar-refractivity contribution in [3.05, 3.63) is 28.0 Å². The van der Waals surface area contributed by atoms with Gasteiger partial charge < -0.3 is 9.84 Å². The first kappa shape index (κ1) is 13.9. The normalized spacial score (nSPS) is 13.4. The molecule has 1 atom stereocenters. The zero-order valence-electron chi connectivity index (χ0n) is 10.3. The largest absolute Gasteiger partial charge is 0.478 e. The molecule has 0 bridgehead atoms. The lowest BCUT2D eigenvalue weighted by Gasteiger charge is -2.15. The van der Waals surface area contributed by atoms with E-state index in [1.807, 2.05) is 11.4 Å². The summed E-state index contributed by atoms with van der Waals surface area (Å²) >= 11 is 1.59. The van der Waals surface area contributed by atoms with Gasteiger partial charge in [0.15, 0.2) is 0 Å². The van der Waals surface area contributed by atoms with E-state index in [2.05, 4.69) is 20.8 Å². The molecule has 1 unspecified atom stereocenters. The van der Waals surface area contributed by atoms with Crippen LogP contribution in [0.3, 0.4) is 0 Å². The van der Waals surface area contributed by atoms with Gasteiger partial charge in [-0.3, -0.25) is 0 Å². The topological polar surface area (TPSA) is 46.5 Å². The number of carboxylic acid groups (broad SMARTS) is 1. The SMILES string of the molecule is CC(C)C(C)OCc1cc(C=CC(=O)O)cs1. The quantitative estimate of drug-likeness (QED) is 0.791. The molecule has 1 aromatic rings. The van der Waals surface area contributed by atoms with E-state index in [1.165, 1.54) is 0 Å². The van der Waals surface area contributed by atoms with Crippen molar-refractivity contribution >= 4 is 23.4 Å². The van der Waals surface area contributed by atoms with E-state index in [0.29, 0.717) is 12.5 Å². The highest BCUT2D eigenvalue weighted by Crippen LogP contribution is 2.18. The fraction of sp³-hybridized carbons (Fsp3) is 0.462. The molecule has 0 aliphatic carbocycles. The van der Waals surface area contributed by atoms with E-state index < -0.39 is 5.97 Å². The van der Waals surface area contributed by atoms with Crippen LogP contribution in [0.4, 0.5) is 0 Å². The molecule has 0 aliphatic heterocycles. The van der Waals surface area contributed by atoms with Gasteiger partial charge in [-0.1, -0.05) is 13.8 Å². The van der Waals surface area contributed by atoms with Crippen molar-refractivity contribution in [1.82, 2.24) is 0 Å². The molecule has 1 heterocycles. The second-order valence-electron chi connectivity index (χ2n) is 4.28. The fourth-order valence-corrected chi connectivity index (χ4v) is 1.91. The average Bonchev–Trinajstić information content (AvgIpc) is 2.70. The molecular weight excluding hydrogens is 236 g/mol. The highest BCUT2D eigenvalue weighted by molar-refractivity contribution is 7.10. The van der Waals surface area contributed by atoms with Crippen molar-refractivity contribution < 1.29 is 14.6 Å². The van der Waals surface area contributed by atoms with Crippen LogP contribution in [0.15, 0.2) is 17.5 Å². The van der Waals surface area contributed by atoms with E-state index >= 15 is 0 Å². The van der Waals surface area contributed by atoms with Crippen molar-refractivity contribution in [3.63, 3.8) is 0 Å². The first-order valence-corrected chi connectivity index (χ1v) is 6.47. The molecule has 17 heavy (non-hydrogen) atoms. The van der Waals surface area contributed by atoms with E-state index in [9.17, 15) is 4.79 Å². The number of carboxylic acids is 1. The molecule has 0 aromatic carbocycles. The minimum atomic E-state index is -0.928. The molecule has 0 amide bonds. The van der Waals surface area contributed by atoms with Crippen molar-refractivity contribution in [2.45, 2.75) is 33.5 Å². The van der Waals surface area contributed by atoms with Gasteiger partial charge in [-0.25, -0.2) is 4.79 Å². The molecule has 0 spiro atoms. The summed E-state index contributed by atoms with van der Waals surface area (Å²) in [5.41, 5.74) is 0.910. The molecule has 1 N–H and O–H groups in total. The van der Waals surface area contributed by atoms with Crippen LogP contribution >= 0.6 is 11.3 Å². The van der Waals surface area contributed by atoms with E-state index in [4.69, 9.17) is 9.84 Å². The zero-order chi connectivity index (χ0) is 12.8. The Balaban J connectivity index is 2.48. The number of hydrogen-bond acceptors (Lipinski definition) is 3. The molecule has 1 aromatic heterocycles. The summed E-state index contributed by atoms with van der Waals surface area (Å²) < 4.78 is 5.70. The predicted molar refractivity (Wildman–Crippen MR) is 70.1 cm³/mol. The van der Waals surface area contributed by atoms with Crippen molar-refractivity contribution in [3.8, 4) is 0 Å². The average molecular weight is 254 g/mol. The molecule has 4 heteroatoms. The van der Waals surface area contributed by atoms with Crippen LogP contribution in [0, 0.1) is 5.92 Å². The van der Waals surface area contributed by atoms with Crippen molar-refractivity contribution in [2.75, 3.05) is 0 Å². The maximum atomic E-state index is 10.4. The Bertz CT molecular complexity index is 393. The van der Waals surface area contributed by atoms with Gasteiger partial charge in [-0.15, -0.1) is 11.3 Å². The number of hydrogen-bond donors (Lipinski definition) is 1. The molecule has 0 fully saturated rings. The van der Waals surface area contributed by atoms with Crippen LogP contribution in [0.1, 0.15) is 31.2 Å². The minimum Gasteiger partial charge on any atom is -0.478 e. The fourth-order valence-electron chi connectivity index (χ4n) is 1.13. The van der Waals surface area contributed by atoms with Gasteiger partial charge in [0.1, 0.15) is 0 Å². The number of aliphatic carboxylic acids is 1. The lowest BCUT2D eigenvalue weighted by atomic mass is 10.1. The number of rotatable bonds is 6. The molecular formula is C13H18O3S. The van der Waals surface area contributed by atoms with Crippen LogP contribution in [0.25, 0.3) is 6.08 Å². The van der Waals surface area contributed by atoms with Crippen LogP contribution in [-0.4, -0.2) is 17.2 Å². The summed E-state index contributed by atoms with van der Waals surface area (Å²) in [6.07, 6.45) is 2.97. The number of carbonyl (C=O) groups is 1. The lowest BCUT2D eigenvalue weighted by Crippen LogP contribution is -2.14. The summed E-state index contributed by atoms with van der Waals surface area (Å²) in [7, 11) is 0. The van der Waals surface area contributed by atoms with E-state index in [0.717, 1.165) is 16.5 Å². The first-order chi connectivity index (χ1) is 7.99. The van der Waals surface area contributed by atoms with E-state index in [1.54, 1.807) is 17.4 Å². The molecule has 0 aliphatic rings. The van der Waals surface area contributed by atoms with Crippen LogP contribution in [-0.2, 0) is 16.1 Å². The summed E-state index contributed by atoms with van der Waals surface area (Å²) in [4.78, 5) is 11.5. The minimum absolute atomic E-state index is 0.232. The first-order valence-electron chi connectivity index (χ1n) is 5.59. The Hall–Kier alpha value is -1.13. The third kappa shape index (κ3) is 5.15. The molecule has 0 radical (unpaired) electrons. The van der Waals surface area contributed by atoms with Gasteiger partial charge in [0.05, 0.1) is 12.7 Å². The Labute approximate surface area is 106 Å². The predicted octanol–water partition coefficient (Wildman–Crippen LogP) is 3.41. The Morgan fingerprint density at radius 1 is 1.53 bits per heavy atom. The van der Waals surface area contributed by atoms with Gasteiger partial charge >= 0.3 is 5.97 Å². The maximum absolute atomic E-state index is 10.4. The number of ether oxygens (including phenoxy) is 1. The van der Waals surface area contributed by atoms with Gasteiger partial charge in [-0.05, 0) is 35.9 Å². The summed E-state index contributed by atoms with van der Waals surface area (Å²) in [5.74, 6) is -0.427. The van der Waals surface area contributed by atoms with Crippen LogP contribution in [0.5, 0.6) is 0 Å². The monoisotopic (exact) mass is 254 g/mol. The standard InChI is InChI=1S/C13H18O3S/c1-9(2)10(3)16-7-12-6-11(8-17-12)4-5-13(14)15/h4-6,8-10H,7H2,1-3H3,(H,14,15). The third-order valence-electron chi connectivity index (χ3n) is 2.52. The second kappa shape index (κ2) is 6.57. The van der Waals surface area contributed by atoms with E-state index in [-0.39, 0.29) is 6.10 Å². The van der Waals surface area contributed by atoms with Gasteiger partial charge in [0.2, 0.25) is 0 Å². The smallest absolute Gasteiger partial charge is 0.328 e. The molecule has 0 saturated carbocycles. The Morgan fingerprint density at radius 2 is 2.24 bits per heavy atom. The van der Waals surface area contributed by atoms with Crippen molar-refractivity contribution in [2.24, 2.45) is 5.92 Å². The van der Waals surface area contributed by atoms with Gasteiger partial charge in [0.25, 0.3) is 0 Å². The van der Waals surface area contributed by atoms with Crippen LogP contribution in [0.2, 0.25) is 0 Å². The van der Waals surface area contributed by atoms with Crippen molar-refractivity contribution in [1.29, 1.82) is 0 Å². The third-order valence-corrected chi connectivity index (χ3v) is 3.45. The lowest BCUT2D eigenvalue weighted by molar-refractivity contribution is -0.131. The Kier molecular flexibility index (Phi) is 5.38. The number of thiophene rings is 1. The highest BCUT2D eigenvalue weighted by Gasteiger charge is 2.07. The highest BCUT2D eigenvalue weighted by atomic mass is 32.1. The summed E-state index contributed by atoms with van der Waals surface area (Å²) in [5, 5.41) is 10.4. The zero-order valence-corrected chi connectivity index (χ0v) is 11.2. The Morgan fingerprint density at radius 3 is 2.82 bits per heavy atom. The molecule has 0 saturated heterocycles. The second-order valence-corrected chi connectivity index (χ2v) is 5.27. The summed E-state index contributed by atoms with van der Waals surface area (Å²) in [6, 6.07) is 1.96. The molecule has 3 nitrogen and oxygen atoms in total. The summed E-state index contributed by atoms with van der Waals surface area (Å²) in [6.45, 7) is 6.90. The maximum Gasteiger partial charge on any atom is 0.328 e. The molecule has 1 rings (SSSR count). The van der Waals surface area contributed by atoms with Crippen LogP contribution < -0.4 is 0 Å². The molecule has 94 valence electrons.